The molecule has 3 rings (SSSR count). The summed E-state index contributed by atoms with van der Waals surface area (Å²) < 4.78 is 34.1. The number of halogens is 2. The van der Waals surface area contributed by atoms with Crippen LogP contribution in [0.25, 0.3) is 0 Å². The molecule has 7 nitrogen and oxygen atoms in total. The fraction of sp³-hybridized carbons (Fsp3) is 0.545. The predicted molar refractivity (Wildman–Crippen MR) is 112 cm³/mol. The number of aliphatic carboxylic acids is 1. The molecule has 1 atom stereocenters. The van der Waals surface area contributed by atoms with Gasteiger partial charge in [0.25, 0.3) is 0 Å². The Labute approximate surface area is 180 Å². The lowest BCUT2D eigenvalue weighted by molar-refractivity contribution is -0.138. The predicted octanol–water partition coefficient (Wildman–Crippen LogP) is 4.24. The quantitative estimate of drug-likeness (QED) is 0.511. The number of anilines is 1. The van der Waals surface area contributed by atoms with Crippen molar-refractivity contribution in [2.75, 3.05) is 19.0 Å². The van der Waals surface area contributed by atoms with E-state index in [2.05, 4.69) is 26.6 Å². The number of hydrogen-bond acceptors (Lipinski definition) is 6. The number of carbonyl (C=O) groups is 1. The molecule has 0 aliphatic carbocycles. The number of carboxylic acid groups (broad SMARTS) is 1. The molecule has 0 unspecified atom stereocenters. The Hall–Kier alpha value is -2.84. The zero-order valence-corrected chi connectivity index (χ0v) is 17.6. The number of hydrogen-bond donors (Lipinski definition) is 2. The minimum Gasteiger partial charge on any atom is -0.481 e. The van der Waals surface area contributed by atoms with E-state index in [0.717, 1.165) is 30.9 Å². The van der Waals surface area contributed by atoms with E-state index in [1.54, 1.807) is 0 Å². The smallest absolute Gasteiger partial charge is 0.304 e. The zero-order valence-electron chi connectivity index (χ0n) is 17.6. The molecule has 1 aliphatic heterocycles. The van der Waals surface area contributed by atoms with Crippen LogP contribution in [0.5, 0.6) is 5.88 Å². The van der Waals surface area contributed by atoms with E-state index in [1.807, 2.05) is 6.07 Å². The number of fused-ring (bicyclic) bond motifs is 1. The van der Waals surface area contributed by atoms with Crippen LogP contribution in [0, 0.1) is 0 Å². The SMILES string of the molecule is COc1ccc([C@@H](CC(=O)O)CC(F)(F)CCCCc2ccc3c(n2)NCCC3)nn1. The maximum Gasteiger partial charge on any atom is 0.304 e. The van der Waals surface area contributed by atoms with Crippen molar-refractivity contribution in [3.05, 3.63) is 41.2 Å². The summed E-state index contributed by atoms with van der Waals surface area (Å²) in [5.41, 5.74) is 2.33. The number of aromatic nitrogens is 3. The first-order valence-corrected chi connectivity index (χ1v) is 10.6. The molecule has 2 aromatic heterocycles. The van der Waals surface area contributed by atoms with Crippen LogP contribution in [0.4, 0.5) is 14.6 Å². The minimum atomic E-state index is -2.99. The molecule has 0 fully saturated rings. The molecule has 0 bridgehead atoms. The summed E-state index contributed by atoms with van der Waals surface area (Å²) >= 11 is 0. The molecule has 3 heterocycles. The number of methoxy groups -OCH3 is 1. The van der Waals surface area contributed by atoms with Crippen molar-refractivity contribution in [3.63, 3.8) is 0 Å². The molecule has 0 saturated heterocycles. The van der Waals surface area contributed by atoms with E-state index in [1.165, 1.54) is 24.8 Å². The summed E-state index contributed by atoms with van der Waals surface area (Å²) in [6.45, 7) is 0.908. The van der Waals surface area contributed by atoms with Gasteiger partial charge in [-0.15, -0.1) is 5.10 Å². The molecule has 168 valence electrons. The first-order chi connectivity index (χ1) is 14.9. The van der Waals surface area contributed by atoms with Crippen molar-refractivity contribution in [3.8, 4) is 5.88 Å². The van der Waals surface area contributed by atoms with E-state index in [-0.39, 0.29) is 18.0 Å². The number of nitrogens with zero attached hydrogens (tertiary/aromatic N) is 3. The number of unbranched alkanes of at least 4 members (excludes halogenated alkanes) is 1. The van der Waals surface area contributed by atoms with Gasteiger partial charge in [0.1, 0.15) is 5.82 Å². The first-order valence-electron chi connectivity index (χ1n) is 10.6. The Morgan fingerprint density at radius 1 is 1.26 bits per heavy atom. The molecule has 9 heteroatoms. The molecule has 0 amide bonds. The van der Waals surface area contributed by atoms with E-state index in [0.29, 0.717) is 19.3 Å². The van der Waals surface area contributed by atoms with Crippen LogP contribution >= 0.6 is 0 Å². The lowest BCUT2D eigenvalue weighted by atomic mass is 9.91. The number of carboxylic acids is 1. The summed E-state index contributed by atoms with van der Waals surface area (Å²) in [4.78, 5) is 15.8. The fourth-order valence-corrected chi connectivity index (χ4v) is 3.81. The second-order valence-corrected chi connectivity index (χ2v) is 7.90. The highest BCUT2D eigenvalue weighted by atomic mass is 19.3. The van der Waals surface area contributed by atoms with Crippen LogP contribution in [-0.4, -0.2) is 45.8 Å². The summed E-state index contributed by atoms with van der Waals surface area (Å²) in [7, 11) is 1.42. The normalized spacial score (nSPS) is 14.4. The van der Waals surface area contributed by atoms with Crippen molar-refractivity contribution >= 4 is 11.8 Å². The Balaban J connectivity index is 1.52. The van der Waals surface area contributed by atoms with E-state index >= 15 is 0 Å². The lowest BCUT2D eigenvalue weighted by Crippen LogP contribution is -2.22. The fourth-order valence-electron chi connectivity index (χ4n) is 3.81. The molecule has 0 spiro atoms. The van der Waals surface area contributed by atoms with Crippen molar-refractivity contribution < 1.29 is 23.4 Å². The average molecular weight is 434 g/mol. The van der Waals surface area contributed by atoms with Gasteiger partial charge in [0.2, 0.25) is 11.8 Å². The molecular weight excluding hydrogens is 406 g/mol. The molecule has 2 N–H and O–H groups in total. The molecule has 31 heavy (non-hydrogen) atoms. The number of alkyl halides is 2. The number of aryl methyl sites for hydroxylation is 2. The third kappa shape index (κ3) is 6.83. The first kappa shape index (κ1) is 22.8. The molecule has 0 saturated carbocycles. The average Bonchev–Trinajstić information content (AvgIpc) is 2.76. The van der Waals surface area contributed by atoms with Gasteiger partial charge >= 0.3 is 5.97 Å². The number of rotatable bonds is 11. The maximum absolute atomic E-state index is 14.6. The standard InChI is InChI=1S/C22H28F2N4O3/c1-31-19-10-9-18(27-28-19)16(13-20(29)30)14-22(23,24)11-3-2-6-17-8-7-15-5-4-12-25-21(15)26-17/h7-10,16H,2-6,11-14H2,1H3,(H,25,26)(H,29,30)/t16-/m0/s1. The second-order valence-electron chi connectivity index (χ2n) is 7.90. The third-order valence-corrected chi connectivity index (χ3v) is 5.43. The van der Waals surface area contributed by atoms with Gasteiger partial charge in [-0.2, -0.15) is 5.10 Å². The van der Waals surface area contributed by atoms with Crippen LogP contribution < -0.4 is 10.1 Å². The Morgan fingerprint density at radius 2 is 2.10 bits per heavy atom. The van der Waals surface area contributed by atoms with Crippen molar-refractivity contribution in [1.29, 1.82) is 0 Å². The Bertz CT molecular complexity index is 878. The molecular formula is C22H28F2N4O3. The number of pyridine rings is 1. The van der Waals surface area contributed by atoms with Crippen molar-refractivity contribution in [2.45, 2.75) is 63.2 Å². The van der Waals surface area contributed by atoms with Crippen LogP contribution in [0.1, 0.15) is 61.4 Å². The summed E-state index contributed by atoms with van der Waals surface area (Å²) in [6, 6.07) is 7.01. The second kappa shape index (κ2) is 10.5. The highest BCUT2D eigenvalue weighted by Gasteiger charge is 2.34. The van der Waals surface area contributed by atoms with Gasteiger partial charge in [-0.25, -0.2) is 13.8 Å². The Morgan fingerprint density at radius 3 is 2.81 bits per heavy atom. The van der Waals surface area contributed by atoms with Crippen LogP contribution in [0.3, 0.4) is 0 Å². The summed E-state index contributed by atoms with van der Waals surface area (Å²) in [5, 5.41) is 20.1. The van der Waals surface area contributed by atoms with Gasteiger partial charge in [-0.3, -0.25) is 4.79 Å². The largest absolute Gasteiger partial charge is 0.481 e. The Kier molecular flexibility index (Phi) is 7.70. The maximum atomic E-state index is 14.6. The number of ether oxygens (including phenoxy) is 1. The van der Waals surface area contributed by atoms with Gasteiger partial charge in [-0.1, -0.05) is 6.07 Å². The van der Waals surface area contributed by atoms with Gasteiger partial charge < -0.3 is 15.2 Å². The van der Waals surface area contributed by atoms with Crippen molar-refractivity contribution in [1.82, 2.24) is 15.2 Å². The molecule has 0 aromatic carbocycles. The van der Waals surface area contributed by atoms with Crippen LogP contribution in [0.2, 0.25) is 0 Å². The number of nitrogens with one attached hydrogen (secondary N) is 1. The van der Waals surface area contributed by atoms with Gasteiger partial charge in [0.05, 0.1) is 19.2 Å². The topological polar surface area (TPSA) is 97.2 Å². The highest BCUT2D eigenvalue weighted by molar-refractivity contribution is 5.67. The molecule has 1 aliphatic rings. The molecule has 0 radical (unpaired) electrons. The molecule has 2 aromatic rings. The van der Waals surface area contributed by atoms with E-state index < -0.39 is 30.7 Å². The monoisotopic (exact) mass is 434 g/mol. The van der Waals surface area contributed by atoms with Gasteiger partial charge in [0, 0.05) is 37.1 Å². The van der Waals surface area contributed by atoms with E-state index in [4.69, 9.17) is 9.84 Å². The van der Waals surface area contributed by atoms with E-state index in [9.17, 15) is 13.6 Å². The van der Waals surface area contributed by atoms with Gasteiger partial charge in [0.15, 0.2) is 0 Å². The summed E-state index contributed by atoms with van der Waals surface area (Å²) in [5.74, 6) is -3.90. The lowest BCUT2D eigenvalue weighted by Gasteiger charge is -2.22. The minimum absolute atomic E-state index is 0.230. The van der Waals surface area contributed by atoms with Crippen molar-refractivity contribution in [2.24, 2.45) is 0 Å². The van der Waals surface area contributed by atoms with Gasteiger partial charge in [-0.05, 0) is 49.8 Å². The van der Waals surface area contributed by atoms with Crippen LogP contribution in [0.15, 0.2) is 24.3 Å². The summed E-state index contributed by atoms with van der Waals surface area (Å²) in [6.07, 6.45) is 2.33. The highest BCUT2D eigenvalue weighted by Crippen LogP contribution is 2.35. The third-order valence-electron chi connectivity index (χ3n) is 5.43. The van der Waals surface area contributed by atoms with Crippen LogP contribution in [-0.2, 0) is 17.6 Å². The zero-order chi connectivity index (χ0) is 22.3.